The molecule has 1 aliphatic heterocycles. The van der Waals surface area contributed by atoms with E-state index in [1.807, 2.05) is 24.3 Å². The van der Waals surface area contributed by atoms with Gasteiger partial charge >= 0.3 is 6.03 Å². The van der Waals surface area contributed by atoms with Crippen molar-refractivity contribution in [2.24, 2.45) is 0 Å². The first kappa shape index (κ1) is 13.1. The highest BCUT2D eigenvalue weighted by molar-refractivity contribution is 9.10. The van der Waals surface area contributed by atoms with Crippen LogP contribution in [0.1, 0.15) is 19.4 Å². The highest BCUT2D eigenvalue weighted by atomic mass is 79.9. The number of halogens is 1. The van der Waals surface area contributed by atoms with Gasteiger partial charge in [0.05, 0.1) is 0 Å². The third kappa shape index (κ3) is 2.03. The third-order valence-corrected chi connectivity index (χ3v) is 3.80. The lowest BCUT2D eigenvalue weighted by atomic mass is 10.0. The van der Waals surface area contributed by atoms with Crippen LogP contribution < -0.4 is 0 Å². The number of hydrogen-bond donors (Lipinski definition) is 0. The van der Waals surface area contributed by atoms with Crippen LogP contribution in [0, 0.1) is 0 Å². The molecule has 0 radical (unpaired) electrons. The standard InChI is InChI=1S/C13H15BrN2O2/c1-13(2)11(17)15(3)12(18)16(13)8-9-4-6-10(14)7-5-9/h4-7H,8H2,1-3H3. The van der Waals surface area contributed by atoms with Crippen molar-refractivity contribution in [1.29, 1.82) is 0 Å². The molecule has 3 amide bonds. The van der Waals surface area contributed by atoms with Gasteiger partial charge in [-0.15, -0.1) is 0 Å². The molecule has 1 saturated heterocycles. The lowest BCUT2D eigenvalue weighted by Crippen LogP contribution is -2.43. The largest absolute Gasteiger partial charge is 0.327 e. The molecule has 1 fully saturated rings. The van der Waals surface area contributed by atoms with Crippen molar-refractivity contribution < 1.29 is 9.59 Å². The van der Waals surface area contributed by atoms with Gasteiger partial charge < -0.3 is 4.90 Å². The average Bonchev–Trinajstić information content (AvgIpc) is 2.47. The first-order valence-corrected chi connectivity index (χ1v) is 6.47. The molecule has 2 rings (SSSR count). The van der Waals surface area contributed by atoms with Gasteiger partial charge in [0.25, 0.3) is 5.91 Å². The summed E-state index contributed by atoms with van der Waals surface area (Å²) in [5.41, 5.74) is 0.224. The molecule has 96 valence electrons. The van der Waals surface area contributed by atoms with Gasteiger partial charge in [-0.3, -0.25) is 9.69 Å². The fourth-order valence-corrected chi connectivity index (χ4v) is 2.33. The van der Waals surface area contributed by atoms with E-state index in [9.17, 15) is 9.59 Å². The van der Waals surface area contributed by atoms with Crippen molar-refractivity contribution in [2.45, 2.75) is 25.9 Å². The molecule has 0 bridgehead atoms. The second-order valence-electron chi connectivity index (χ2n) is 4.92. The van der Waals surface area contributed by atoms with E-state index < -0.39 is 5.54 Å². The minimum atomic E-state index is -0.779. The van der Waals surface area contributed by atoms with Crippen LogP contribution >= 0.6 is 15.9 Å². The number of nitrogens with zero attached hydrogens (tertiary/aromatic N) is 2. The molecule has 1 aromatic rings. The van der Waals surface area contributed by atoms with Gasteiger partial charge in [0.1, 0.15) is 5.54 Å². The van der Waals surface area contributed by atoms with Crippen molar-refractivity contribution in [1.82, 2.24) is 9.80 Å². The molecule has 0 aromatic heterocycles. The molecular weight excluding hydrogens is 296 g/mol. The summed E-state index contributed by atoms with van der Waals surface area (Å²) in [7, 11) is 1.52. The van der Waals surface area contributed by atoms with Crippen LogP contribution in [0.3, 0.4) is 0 Å². The highest BCUT2D eigenvalue weighted by Crippen LogP contribution is 2.28. The van der Waals surface area contributed by atoms with Gasteiger partial charge in [-0.1, -0.05) is 28.1 Å². The molecule has 5 heteroatoms. The topological polar surface area (TPSA) is 40.6 Å². The number of amides is 3. The van der Waals surface area contributed by atoms with Crippen LogP contribution in [-0.2, 0) is 11.3 Å². The van der Waals surface area contributed by atoms with Crippen LogP contribution in [-0.4, -0.2) is 34.3 Å². The van der Waals surface area contributed by atoms with E-state index in [0.717, 1.165) is 10.0 Å². The maximum atomic E-state index is 12.0. The Morgan fingerprint density at radius 3 is 2.17 bits per heavy atom. The summed E-state index contributed by atoms with van der Waals surface area (Å²) in [5.74, 6) is -0.162. The smallest absolute Gasteiger partial charge is 0.306 e. The maximum absolute atomic E-state index is 12.0. The number of carbonyl (C=O) groups is 2. The summed E-state index contributed by atoms with van der Waals surface area (Å²) in [6.07, 6.45) is 0. The van der Waals surface area contributed by atoms with Gasteiger partial charge in [0.2, 0.25) is 0 Å². The SMILES string of the molecule is CN1C(=O)N(Cc2ccc(Br)cc2)C(C)(C)C1=O. The lowest BCUT2D eigenvalue weighted by molar-refractivity contribution is -0.131. The molecule has 0 aliphatic carbocycles. The van der Waals surface area contributed by atoms with Crippen LogP contribution in [0.25, 0.3) is 0 Å². The van der Waals surface area contributed by atoms with Crippen molar-refractivity contribution >= 4 is 27.9 Å². The molecule has 1 aromatic carbocycles. The fraction of sp³-hybridized carbons (Fsp3) is 0.385. The zero-order chi connectivity index (χ0) is 13.5. The number of urea groups is 1. The van der Waals surface area contributed by atoms with Gasteiger partial charge in [0, 0.05) is 18.1 Å². The van der Waals surface area contributed by atoms with Gasteiger partial charge in [-0.2, -0.15) is 0 Å². The Morgan fingerprint density at radius 2 is 1.72 bits per heavy atom. The van der Waals surface area contributed by atoms with Crippen molar-refractivity contribution in [2.75, 3.05) is 7.05 Å². The monoisotopic (exact) mass is 310 g/mol. The molecular formula is C13H15BrN2O2. The number of rotatable bonds is 2. The van der Waals surface area contributed by atoms with E-state index in [2.05, 4.69) is 15.9 Å². The molecule has 18 heavy (non-hydrogen) atoms. The normalized spacial score (nSPS) is 18.7. The van der Waals surface area contributed by atoms with Gasteiger partial charge in [-0.05, 0) is 31.5 Å². The molecule has 0 saturated carbocycles. The second kappa shape index (κ2) is 4.39. The van der Waals surface area contributed by atoms with Crippen LogP contribution in [0.15, 0.2) is 28.7 Å². The number of hydrogen-bond acceptors (Lipinski definition) is 2. The quantitative estimate of drug-likeness (QED) is 0.788. The zero-order valence-electron chi connectivity index (χ0n) is 10.6. The summed E-state index contributed by atoms with van der Waals surface area (Å²) >= 11 is 3.37. The van der Waals surface area contributed by atoms with E-state index in [-0.39, 0.29) is 11.9 Å². The van der Waals surface area contributed by atoms with Crippen molar-refractivity contribution in [3.8, 4) is 0 Å². The Bertz CT molecular complexity index is 496. The second-order valence-corrected chi connectivity index (χ2v) is 5.83. The summed E-state index contributed by atoms with van der Waals surface area (Å²) in [5, 5.41) is 0. The van der Waals surface area contributed by atoms with E-state index in [1.54, 1.807) is 18.7 Å². The van der Waals surface area contributed by atoms with E-state index in [1.165, 1.54) is 11.9 Å². The van der Waals surface area contributed by atoms with Crippen LogP contribution in [0.5, 0.6) is 0 Å². The third-order valence-electron chi connectivity index (χ3n) is 3.27. The van der Waals surface area contributed by atoms with E-state index in [0.29, 0.717) is 6.54 Å². The first-order valence-electron chi connectivity index (χ1n) is 5.68. The van der Waals surface area contributed by atoms with Crippen molar-refractivity contribution in [3.05, 3.63) is 34.3 Å². The molecule has 0 N–H and O–H groups in total. The average molecular weight is 311 g/mol. The predicted molar refractivity (Wildman–Crippen MR) is 71.9 cm³/mol. The Hall–Kier alpha value is -1.36. The minimum Gasteiger partial charge on any atom is -0.306 e. The van der Waals surface area contributed by atoms with Gasteiger partial charge in [0.15, 0.2) is 0 Å². The molecule has 0 spiro atoms. The van der Waals surface area contributed by atoms with Crippen molar-refractivity contribution in [3.63, 3.8) is 0 Å². The molecule has 0 atom stereocenters. The molecule has 4 nitrogen and oxygen atoms in total. The Morgan fingerprint density at radius 1 is 1.17 bits per heavy atom. The Kier molecular flexibility index (Phi) is 3.19. The van der Waals surface area contributed by atoms with E-state index >= 15 is 0 Å². The summed E-state index contributed by atoms with van der Waals surface area (Å²) in [6, 6.07) is 7.49. The molecule has 1 heterocycles. The van der Waals surface area contributed by atoms with Crippen LogP contribution in [0.4, 0.5) is 4.79 Å². The Labute approximate surface area is 115 Å². The first-order chi connectivity index (χ1) is 8.34. The fourth-order valence-electron chi connectivity index (χ4n) is 2.07. The number of imide groups is 1. The van der Waals surface area contributed by atoms with Gasteiger partial charge in [-0.25, -0.2) is 4.79 Å². The Balaban J connectivity index is 2.26. The summed E-state index contributed by atoms with van der Waals surface area (Å²) in [4.78, 5) is 26.7. The summed E-state index contributed by atoms with van der Waals surface area (Å²) in [6.45, 7) is 3.99. The minimum absolute atomic E-state index is 0.162. The number of benzene rings is 1. The predicted octanol–water partition coefficient (Wildman–Crippen LogP) is 2.62. The number of carbonyl (C=O) groups excluding carboxylic acids is 2. The van der Waals surface area contributed by atoms with E-state index in [4.69, 9.17) is 0 Å². The molecule has 0 unspecified atom stereocenters. The number of likely N-dealkylation sites (N-methyl/N-ethyl adjacent to an activating group) is 1. The molecule has 1 aliphatic rings. The highest BCUT2D eigenvalue weighted by Gasteiger charge is 2.49. The zero-order valence-corrected chi connectivity index (χ0v) is 12.2. The maximum Gasteiger partial charge on any atom is 0.327 e. The van der Waals surface area contributed by atoms with Crippen LogP contribution in [0.2, 0.25) is 0 Å². The summed E-state index contributed by atoms with van der Waals surface area (Å²) < 4.78 is 0.992. The lowest BCUT2D eigenvalue weighted by Gasteiger charge is -2.27.